The molecule has 3 aromatic rings. The van der Waals surface area contributed by atoms with Crippen molar-refractivity contribution in [3.05, 3.63) is 52.4 Å². The van der Waals surface area contributed by atoms with E-state index in [0.29, 0.717) is 30.3 Å². The second kappa shape index (κ2) is 6.66. The molecule has 2 fully saturated rings. The van der Waals surface area contributed by atoms with Crippen molar-refractivity contribution in [3.8, 4) is 0 Å². The number of piperazine rings is 1. The second-order valence-corrected chi connectivity index (χ2v) is 7.17. The standard InChI is InChI=1S/C19H21N7O2/c27-16-7-6-14(20-16)15-12-17(28)26-18(21-15)22-19(23-26)25-10-8-24(9-11-25)13-4-2-1-3-5-13/h1-5,12,14H,6-11H2,(H,20,27)(H,21,22,23)/t14-/m0/s1. The lowest BCUT2D eigenvalue weighted by atomic mass is 10.1. The first-order chi connectivity index (χ1) is 13.7. The van der Waals surface area contributed by atoms with Gasteiger partial charge in [-0.15, -0.1) is 0 Å². The lowest BCUT2D eigenvalue weighted by Crippen LogP contribution is -2.47. The summed E-state index contributed by atoms with van der Waals surface area (Å²) < 4.78 is 1.36. The van der Waals surface area contributed by atoms with Crippen molar-refractivity contribution < 1.29 is 4.79 Å². The van der Waals surface area contributed by atoms with Crippen molar-refractivity contribution in [3.63, 3.8) is 0 Å². The Morgan fingerprint density at radius 1 is 0.964 bits per heavy atom. The summed E-state index contributed by atoms with van der Waals surface area (Å²) >= 11 is 0. The molecule has 0 spiro atoms. The van der Waals surface area contributed by atoms with Crippen molar-refractivity contribution in [1.82, 2.24) is 24.9 Å². The highest BCUT2D eigenvalue weighted by Gasteiger charge is 2.25. The summed E-state index contributed by atoms with van der Waals surface area (Å²) in [5.74, 6) is 0.972. The molecular weight excluding hydrogens is 358 g/mol. The number of carbonyl (C=O) groups is 1. The summed E-state index contributed by atoms with van der Waals surface area (Å²) in [6, 6.07) is 11.6. The number of fused-ring (bicyclic) bond motifs is 1. The first-order valence-corrected chi connectivity index (χ1v) is 9.51. The third kappa shape index (κ3) is 2.98. The molecular formula is C19H21N7O2. The van der Waals surface area contributed by atoms with Crippen LogP contribution in [0, 0.1) is 0 Å². The van der Waals surface area contributed by atoms with Gasteiger partial charge in [-0.05, 0) is 18.6 Å². The Morgan fingerprint density at radius 3 is 2.43 bits per heavy atom. The van der Waals surface area contributed by atoms with E-state index in [4.69, 9.17) is 0 Å². The monoisotopic (exact) mass is 379 g/mol. The van der Waals surface area contributed by atoms with Crippen molar-refractivity contribution in [2.24, 2.45) is 0 Å². The smallest absolute Gasteiger partial charge is 0.274 e. The van der Waals surface area contributed by atoms with Crippen LogP contribution in [-0.2, 0) is 4.79 Å². The number of nitrogens with zero attached hydrogens (tertiary/aromatic N) is 5. The zero-order valence-electron chi connectivity index (χ0n) is 15.3. The highest BCUT2D eigenvalue weighted by Crippen LogP contribution is 2.22. The molecule has 0 aliphatic carbocycles. The van der Waals surface area contributed by atoms with Crippen LogP contribution in [0.3, 0.4) is 0 Å². The minimum absolute atomic E-state index is 0.00833. The molecule has 5 rings (SSSR count). The van der Waals surface area contributed by atoms with E-state index in [2.05, 4.69) is 42.3 Å². The topological polar surface area (TPSA) is 98.6 Å². The summed E-state index contributed by atoms with van der Waals surface area (Å²) in [4.78, 5) is 37.4. The second-order valence-electron chi connectivity index (χ2n) is 7.17. The van der Waals surface area contributed by atoms with Crippen LogP contribution in [0.5, 0.6) is 0 Å². The van der Waals surface area contributed by atoms with Gasteiger partial charge in [0.2, 0.25) is 11.9 Å². The number of benzene rings is 1. The summed E-state index contributed by atoms with van der Waals surface area (Å²) in [6.45, 7) is 3.36. The van der Waals surface area contributed by atoms with Gasteiger partial charge in [-0.1, -0.05) is 18.2 Å². The molecule has 0 unspecified atom stereocenters. The molecule has 1 aromatic carbocycles. The summed E-state index contributed by atoms with van der Waals surface area (Å²) in [6.07, 6.45) is 1.11. The van der Waals surface area contributed by atoms with Gasteiger partial charge in [-0.2, -0.15) is 9.50 Å². The van der Waals surface area contributed by atoms with Gasteiger partial charge < -0.3 is 15.1 Å². The van der Waals surface area contributed by atoms with Crippen molar-refractivity contribution >= 4 is 23.3 Å². The molecule has 2 N–H and O–H groups in total. The first kappa shape index (κ1) is 16.8. The van der Waals surface area contributed by atoms with Crippen LogP contribution >= 0.6 is 0 Å². The van der Waals surface area contributed by atoms with E-state index < -0.39 is 0 Å². The molecule has 1 atom stereocenters. The van der Waals surface area contributed by atoms with Crippen LogP contribution in [-0.4, -0.2) is 51.7 Å². The Balaban J connectivity index is 1.36. The van der Waals surface area contributed by atoms with Crippen molar-refractivity contribution in [2.75, 3.05) is 36.0 Å². The quantitative estimate of drug-likeness (QED) is 0.695. The Bertz CT molecular complexity index is 1070. The Kier molecular flexibility index (Phi) is 4.00. The van der Waals surface area contributed by atoms with Gasteiger partial charge in [0.15, 0.2) is 0 Å². The molecule has 28 heavy (non-hydrogen) atoms. The molecule has 0 radical (unpaired) electrons. The third-order valence-corrected chi connectivity index (χ3v) is 5.39. The zero-order valence-corrected chi connectivity index (χ0v) is 15.3. The van der Waals surface area contributed by atoms with Gasteiger partial charge >= 0.3 is 0 Å². The average Bonchev–Trinajstić information content (AvgIpc) is 3.35. The van der Waals surface area contributed by atoms with Gasteiger partial charge in [-0.25, -0.2) is 4.98 Å². The molecule has 0 bridgehead atoms. The number of amides is 1. The molecule has 9 nitrogen and oxygen atoms in total. The fourth-order valence-corrected chi connectivity index (χ4v) is 3.86. The number of hydrogen-bond acceptors (Lipinski definition) is 6. The number of H-pyrrole nitrogens is 1. The number of para-hydroxylation sites is 1. The molecule has 2 aliphatic rings. The number of hydrogen-bond donors (Lipinski definition) is 2. The number of anilines is 2. The van der Waals surface area contributed by atoms with Crippen LogP contribution in [0.1, 0.15) is 24.6 Å². The fourth-order valence-electron chi connectivity index (χ4n) is 3.86. The Labute approximate surface area is 161 Å². The normalized spacial score (nSPS) is 20.0. The molecule has 1 amide bonds. The lowest BCUT2D eigenvalue weighted by Gasteiger charge is -2.35. The highest BCUT2D eigenvalue weighted by atomic mass is 16.2. The van der Waals surface area contributed by atoms with E-state index in [-0.39, 0.29) is 17.5 Å². The summed E-state index contributed by atoms with van der Waals surface area (Å²) in [5, 5.41) is 5.91. The molecule has 9 heteroatoms. The number of rotatable bonds is 3. The average molecular weight is 379 g/mol. The fraction of sp³-hybridized carbons (Fsp3) is 0.368. The van der Waals surface area contributed by atoms with E-state index in [1.807, 2.05) is 18.2 Å². The van der Waals surface area contributed by atoms with Crippen LogP contribution in [0.15, 0.2) is 41.2 Å². The molecule has 144 valence electrons. The molecule has 4 heterocycles. The predicted octanol–water partition coefficient (Wildman–Crippen LogP) is 0.695. The lowest BCUT2D eigenvalue weighted by molar-refractivity contribution is -0.119. The largest absolute Gasteiger partial charge is 0.368 e. The Hall–Kier alpha value is -3.36. The SMILES string of the molecule is O=C1CC[C@@H](c2cc(=O)n3[nH]c(N4CCN(c5ccccc5)CC4)nc3n2)N1. The van der Waals surface area contributed by atoms with Gasteiger partial charge in [0.25, 0.3) is 11.3 Å². The summed E-state index contributed by atoms with van der Waals surface area (Å²) in [5.41, 5.74) is 1.57. The van der Waals surface area contributed by atoms with Crippen LogP contribution < -0.4 is 20.7 Å². The third-order valence-electron chi connectivity index (χ3n) is 5.39. The van der Waals surface area contributed by atoms with Gasteiger partial charge in [0, 0.05) is 44.4 Å². The molecule has 2 aromatic heterocycles. The first-order valence-electron chi connectivity index (χ1n) is 9.51. The van der Waals surface area contributed by atoms with E-state index in [0.717, 1.165) is 26.2 Å². The van der Waals surface area contributed by atoms with Crippen molar-refractivity contribution in [2.45, 2.75) is 18.9 Å². The van der Waals surface area contributed by atoms with Crippen LogP contribution in [0.4, 0.5) is 11.6 Å². The van der Waals surface area contributed by atoms with Gasteiger partial charge in [-0.3, -0.25) is 14.7 Å². The van der Waals surface area contributed by atoms with E-state index in [1.54, 1.807) is 0 Å². The summed E-state index contributed by atoms with van der Waals surface area (Å²) in [7, 11) is 0. The van der Waals surface area contributed by atoms with E-state index >= 15 is 0 Å². The van der Waals surface area contributed by atoms with Gasteiger partial charge in [0.1, 0.15) is 0 Å². The highest BCUT2D eigenvalue weighted by molar-refractivity contribution is 5.78. The number of aromatic nitrogens is 4. The number of aromatic amines is 1. The van der Waals surface area contributed by atoms with E-state index in [1.165, 1.54) is 16.3 Å². The van der Waals surface area contributed by atoms with Crippen LogP contribution in [0.25, 0.3) is 5.78 Å². The maximum atomic E-state index is 12.5. The number of carbonyl (C=O) groups excluding carboxylic acids is 1. The maximum absolute atomic E-state index is 12.5. The van der Waals surface area contributed by atoms with Gasteiger partial charge in [0.05, 0.1) is 11.7 Å². The van der Waals surface area contributed by atoms with Crippen LogP contribution in [0.2, 0.25) is 0 Å². The number of nitrogens with one attached hydrogen (secondary N) is 2. The minimum atomic E-state index is -0.220. The maximum Gasteiger partial charge on any atom is 0.274 e. The molecule has 2 saturated heterocycles. The zero-order chi connectivity index (χ0) is 19.1. The molecule has 0 saturated carbocycles. The minimum Gasteiger partial charge on any atom is -0.368 e. The molecule has 2 aliphatic heterocycles. The Morgan fingerprint density at radius 2 is 1.71 bits per heavy atom. The van der Waals surface area contributed by atoms with E-state index in [9.17, 15) is 9.59 Å². The predicted molar refractivity (Wildman–Crippen MR) is 105 cm³/mol. The van der Waals surface area contributed by atoms with Crippen molar-refractivity contribution in [1.29, 1.82) is 0 Å².